The number of carbonyl (C=O) groups is 2. The van der Waals surface area contributed by atoms with Crippen LogP contribution in [0.5, 0.6) is 5.75 Å². The van der Waals surface area contributed by atoms with Gasteiger partial charge in [0.2, 0.25) is 0 Å². The molecular weight excluding hydrogens is 404 g/mol. The number of ether oxygens (including phenoxy) is 3. The molecule has 32 heavy (non-hydrogen) atoms. The first-order chi connectivity index (χ1) is 15.3. The molecule has 0 radical (unpaired) electrons. The quantitative estimate of drug-likeness (QED) is 0.253. The van der Waals surface area contributed by atoms with E-state index in [0.717, 1.165) is 24.2 Å². The van der Waals surface area contributed by atoms with E-state index in [9.17, 15) is 9.59 Å². The van der Waals surface area contributed by atoms with E-state index in [1.54, 1.807) is 37.4 Å². The number of ketones is 1. The van der Waals surface area contributed by atoms with Gasteiger partial charge >= 0.3 is 5.97 Å². The Balaban J connectivity index is 1.57. The van der Waals surface area contributed by atoms with Gasteiger partial charge in [-0.2, -0.15) is 0 Å². The second-order valence-corrected chi connectivity index (χ2v) is 9.26. The Kier molecular flexibility index (Phi) is 5.95. The van der Waals surface area contributed by atoms with Crippen LogP contribution in [0.1, 0.15) is 42.6 Å². The van der Waals surface area contributed by atoms with Crippen molar-refractivity contribution in [2.45, 2.75) is 45.5 Å². The lowest BCUT2D eigenvalue weighted by molar-refractivity contribution is -0.162. The van der Waals surface area contributed by atoms with Crippen molar-refractivity contribution in [3.8, 4) is 5.75 Å². The highest BCUT2D eigenvalue weighted by Crippen LogP contribution is 2.67. The first-order valence-corrected chi connectivity index (χ1v) is 11.0. The predicted octanol–water partition coefficient (Wildman–Crippen LogP) is 5.00. The van der Waals surface area contributed by atoms with Crippen LogP contribution in [0.4, 0.5) is 0 Å². The first kappa shape index (κ1) is 22.3. The maximum atomic E-state index is 12.9. The van der Waals surface area contributed by atoms with Gasteiger partial charge in [-0.3, -0.25) is 4.79 Å². The summed E-state index contributed by atoms with van der Waals surface area (Å²) in [5.74, 6) is -0.502. The van der Waals surface area contributed by atoms with Crippen LogP contribution in [0.3, 0.4) is 0 Å². The second kappa shape index (κ2) is 8.55. The Hall–Kier alpha value is -2.92. The molecule has 0 aliphatic heterocycles. The number of esters is 1. The molecule has 2 aromatic carbocycles. The van der Waals surface area contributed by atoms with Crippen molar-refractivity contribution in [2.24, 2.45) is 16.7 Å². The number of Topliss-reactive ketones (excluding diaryl/α,β-unsaturated/α-hetero) is 1. The van der Waals surface area contributed by atoms with Crippen molar-refractivity contribution >= 4 is 11.8 Å². The van der Waals surface area contributed by atoms with Crippen LogP contribution in [0.25, 0.3) is 0 Å². The van der Waals surface area contributed by atoms with Gasteiger partial charge in [0.25, 0.3) is 5.78 Å². The zero-order chi connectivity index (χ0) is 22.9. The molecule has 2 saturated carbocycles. The standard InChI is InChI=1S/C27H30O5/c1-5-27-16-15-21(26(27,2)3)23(31-17-18-11-13-20(30-4)14-12-18)24(27)32-25(29)22(28)19-9-7-6-8-10-19/h5-14,21,23-24H,1,15-17H2,2-4H3. The fourth-order valence-electron chi connectivity index (χ4n) is 5.66. The largest absolute Gasteiger partial charge is 0.497 e. The summed E-state index contributed by atoms with van der Waals surface area (Å²) in [4.78, 5) is 25.5. The van der Waals surface area contributed by atoms with Gasteiger partial charge in [0, 0.05) is 11.0 Å². The van der Waals surface area contributed by atoms with E-state index >= 15 is 0 Å². The highest BCUT2D eigenvalue weighted by atomic mass is 16.6. The molecule has 2 aromatic rings. The number of hydrogen-bond acceptors (Lipinski definition) is 5. The molecule has 2 bridgehead atoms. The maximum Gasteiger partial charge on any atom is 0.380 e. The van der Waals surface area contributed by atoms with E-state index in [2.05, 4.69) is 20.4 Å². The van der Waals surface area contributed by atoms with Crippen molar-refractivity contribution in [3.63, 3.8) is 0 Å². The van der Waals surface area contributed by atoms with Crippen LogP contribution in [-0.2, 0) is 20.9 Å². The van der Waals surface area contributed by atoms with Crippen molar-refractivity contribution in [1.29, 1.82) is 0 Å². The Labute approximate surface area is 189 Å². The molecule has 0 saturated heterocycles. The Morgan fingerprint density at radius 1 is 1.09 bits per heavy atom. The summed E-state index contributed by atoms with van der Waals surface area (Å²) in [6.45, 7) is 8.85. The molecule has 0 aromatic heterocycles. The summed E-state index contributed by atoms with van der Waals surface area (Å²) in [6, 6.07) is 16.2. The molecule has 4 unspecified atom stereocenters. The van der Waals surface area contributed by atoms with E-state index < -0.39 is 23.3 Å². The Morgan fingerprint density at radius 3 is 2.41 bits per heavy atom. The van der Waals surface area contributed by atoms with Gasteiger partial charge in [0.1, 0.15) is 11.9 Å². The molecule has 2 aliphatic rings. The maximum absolute atomic E-state index is 12.9. The summed E-state index contributed by atoms with van der Waals surface area (Å²) >= 11 is 0. The lowest BCUT2D eigenvalue weighted by atomic mass is 9.68. The highest BCUT2D eigenvalue weighted by Gasteiger charge is 2.69. The molecule has 5 heteroatoms. The summed E-state index contributed by atoms with van der Waals surface area (Å²) in [5, 5.41) is 0. The summed E-state index contributed by atoms with van der Waals surface area (Å²) in [6.07, 6.45) is 2.86. The third kappa shape index (κ3) is 3.55. The average Bonchev–Trinajstić information content (AvgIpc) is 3.18. The third-order valence-electron chi connectivity index (χ3n) is 7.62. The Morgan fingerprint density at radius 2 is 1.78 bits per heavy atom. The number of hydrogen-bond donors (Lipinski definition) is 0. The molecule has 4 atom stereocenters. The number of rotatable bonds is 8. The molecule has 0 N–H and O–H groups in total. The minimum absolute atomic E-state index is 0.167. The van der Waals surface area contributed by atoms with Crippen LogP contribution in [0.15, 0.2) is 67.3 Å². The van der Waals surface area contributed by atoms with Crippen LogP contribution in [-0.4, -0.2) is 31.1 Å². The van der Waals surface area contributed by atoms with E-state index in [4.69, 9.17) is 14.2 Å². The third-order valence-corrected chi connectivity index (χ3v) is 7.62. The monoisotopic (exact) mass is 434 g/mol. The molecule has 4 rings (SSSR count). The average molecular weight is 435 g/mol. The topological polar surface area (TPSA) is 61.8 Å². The van der Waals surface area contributed by atoms with Gasteiger partial charge in [0.15, 0.2) is 0 Å². The minimum Gasteiger partial charge on any atom is -0.497 e. The second-order valence-electron chi connectivity index (χ2n) is 9.26. The zero-order valence-corrected chi connectivity index (χ0v) is 18.9. The van der Waals surface area contributed by atoms with Gasteiger partial charge < -0.3 is 14.2 Å². The molecular formula is C27H30O5. The molecule has 168 valence electrons. The van der Waals surface area contributed by atoms with E-state index in [1.165, 1.54) is 0 Å². The van der Waals surface area contributed by atoms with Gasteiger partial charge in [-0.25, -0.2) is 4.79 Å². The van der Waals surface area contributed by atoms with Crippen molar-refractivity contribution in [3.05, 3.63) is 78.4 Å². The van der Waals surface area contributed by atoms with Gasteiger partial charge in [0.05, 0.1) is 19.8 Å². The van der Waals surface area contributed by atoms with Gasteiger partial charge in [-0.05, 0) is 41.9 Å². The van der Waals surface area contributed by atoms with E-state index in [-0.39, 0.29) is 17.4 Å². The van der Waals surface area contributed by atoms with Crippen LogP contribution < -0.4 is 4.74 Å². The first-order valence-electron chi connectivity index (χ1n) is 11.0. The summed E-state index contributed by atoms with van der Waals surface area (Å²) in [7, 11) is 1.63. The molecule has 2 aliphatic carbocycles. The lowest BCUT2D eigenvalue weighted by Crippen LogP contribution is -2.45. The predicted molar refractivity (Wildman–Crippen MR) is 121 cm³/mol. The molecule has 0 heterocycles. The lowest BCUT2D eigenvalue weighted by Gasteiger charge is -2.39. The molecule has 0 amide bonds. The molecule has 0 spiro atoms. The van der Waals surface area contributed by atoms with Crippen molar-refractivity contribution in [1.82, 2.24) is 0 Å². The molecule has 2 fully saturated rings. The minimum atomic E-state index is -0.844. The highest BCUT2D eigenvalue weighted by molar-refractivity contribution is 6.40. The van der Waals surface area contributed by atoms with Crippen molar-refractivity contribution in [2.75, 3.05) is 7.11 Å². The van der Waals surface area contributed by atoms with Crippen LogP contribution >= 0.6 is 0 Å². The van der Waals surface area contributed by atoms with Gasteiger partial charge in [-0.1, -0.05) is 62.4 Å². The number of fused-ring (bicyclic) bond motifs is 2. The normalized spacial score (nSPS) is 27.7. The number of carbonyl (C=O) groups excluding carboxylic acids is 2. The SMILES string of the molecule is C=CC12CCC(C(OCc3ccc(OC)cc3)C1OC(=O)C(=O)c1ccccc1)C2(C)C. The fraction of sp³-hybridized carbons (Fsp3) is 0.407. The van der Waals surface area contributed by atoms with Crippen LogP contribution in [0, 0.1) is 16.7 Å². The van der Waals surface area contributed by atoms with E-state index in [0.29, 0.717) is 12.2 Å². The zero-order valence-electron chi connectivity index (χ0n) is 18.9. The van der Waals surface area contributed by atoms with Crippen molar-refractivity contribution < 1.29 is 23.8 Å². The van der Waals surface area contributed by atoms with Crippen LogP contribution in [0.2, 0.25) is 0 Å². The molecule has 5 nitrogen and oxygen atoms in total. The number of methoxy groups -OCH3 is 1. The summed E-state index contributed by atoms with van der Waals surface area (Å²) < 4.78 is 17.5. The Bertz CT molecular complexity index is 994. The number of benzene rings is 2. The van der Waals surface area contributed by atoms with Gasteiger partial charge in [-0.15, -0.1) is 6.58 Å². The summed E-state index contributed by atoms with van der Waals surface area (Å²) in [5.41, 5.74) is 0.724. The smallest absolute Gasteiger partial charge is 0.380 e. The van der Waals surface area contributed by atoms with E-state index in [1.807, 2.05) is 30.3 Å². The fourth-order valence-corrected chi connectivity index (χ4v) is 5.66.